The molecular formula is C30H37N5O6S. The number of carbonyl (C=O) groups excluding carboxylic acids is 3. The Balaban J connectivity index is 1.52. The van der Waals surface area contributed by atoms with Gasteiger partial charge < -0.3 is 36.5 Å². The maximum Gasteiger partial charge on any atom is 0.326 e. The van der Waals surface area contributed by atoms with Gasteiger partial charge in [-0.05, 0) is 60.6 Å². The van der Waals surface area contributed by atoms with Crippen LogP contribution in [-0.4, -0.2) is 86.5 Å². The van der Waals surface area contributed by atoms with Crippen LogP contribution in [0.2, 0.25) is 0 Å². The van der Waals surface area contributed by atoms with Gasteiger partial charge in [-0.15, -0.1) is 0 Å². The summed E-state index contributed by atoms with van der Waals surface area (Å²) in [6, 6.07) is 9.85. The minimum Gasteiger partial charge on any atom is -0.508 e. The number of fused-ring (bicyclic) bond motifs is 1. The summed E-state index contributed by atoms with van der Waals surface area (Å²) in [6.45, 7) is 0.297. The van der Waals surface area contributed by atoms with Gasteiger partial charge in [-0.2, -0.15) is 11.8 Å². The van der Waals surface area contributed by atoms with Gasteiger partial charge in [0.15, 0.2) is 0 Å². The average Bonchev–Trinajstić information content (AvgIpc) is 3.63. The van der Waals surface area contributed by atoms with Crippen LogP contribution in [0.3, 0.4) is 0 Å². The Morgan fingerprint density at radius 3 is 2.52 bits per heavy atom. The van der Waals surface area contributed by atoms with Crippen molar-refractivity contribution in [3.8, 4) is 5.75 Å². The van der Waals surface area contributed by atoms with Crippen LogP contribution < -0.4 is 16.4 Å². The Hall–Kier alpha value is -4.03. The normalized spacial score (nSPS) is 17.0. The Bertz CT molecular complexity index is 1410. The predicted octanol–water partition coefficient (Wildman–Crippen LogP) is 1.78. The second-order valence-electron chi connectivity index (χ2n) is 10.5. The predicted molar refractivity (Wildman–Crippen MR) is 161 cm³/mol. The van der Waals surface area contributed by atoms with Crippen LogP contribution in [0.25, 0.3) is 10.9 Å². The van der Waals surface area contributed by atoms with E-state index < -0.39 is 47.9 Å². The molecule has 3 amide bonds. The first kappa shape index (κ1) is 30.9. The van der Waals surface area contributed by atoms with E-state index in [4.69, 9.17) is 5.73 Å². The third kappa shape index (κ3) is 7.62. The molecule has 1 aliphatic heterocycles. The number of para-hydroxylation sites is 1. The van der Waals surface area contributed by atoms with Gasteiger partial charge in [-0.3, -0.25) is 14.4 Å². The summed E-state index contributed by atoms with van der Waals surface area (Å²) in [5.74, 6) is -1.90. The van der Waals surface area contributed by atoms with Crippen molar-refractivity contribution < 1.29 is 29.4 Å². The van der Waals surface area contributed by atoms with E-state index in [1.54, 1.807) is 30.1 Å². The molecule has 0 saturated carbocycles. The highest BCUT2D eigenvalue weighted by molar-refractivity contribution is 7.98. The molecule has 0 bridgehead atoms. The highest BCUT2D eigenvalue weighted by Gasteiger charge is 2.39. The number of amides is 3. The zero-order chi connectivity index (χ0) is 30.2. The van der Waals surface area contributed by atoms with Crippen molar-refractivity contribution >= 4 is 46.4 Å². The van der Waals surface area contributed by atoms with Crippen molar-refractivity contribution in [2.45, 2.75) is 56.3 Å². The number of carboxylic acid groups (broad SMARTS) is 1. The van der Waals surface area contributed by atoms with Crippen LogP contribution in [0.15, 0.2) is 54.7 Å². The Morgan fingerprint density at radius 1 is 1.07 bits per heavy atom. The van der Waals surface area contributed by atoms with Gasteiger partial charge in [0.1, 0.15) is 23.9 Å². The standard InChI is InChI=1S/C30H37N5O6S/c1-42-14-12-22(31)27(37)33-24(16-19-17-32-23-6-3-2-5-21(19)23)29(39)35-13-4-7-26(35)28(38)34-25(30(40)41)15-18-8-10-20(36)11-9-18/h2-3,5-6,8-11,17,22,24-26,32,36H,4,7,12-16,31H2,1H3,(H,33,37)(H,34,38)(H,40,41). The third-order valence-electron chi connectivity index (χ3n) is 7.51. The number of carbonyl (C=O) groups is 4. The SMILES string of the molecule is CSCCC(N)C(=O)NC(Cc1c[nH]c2ccccc12)C(=O)N1CCCC1C(=O)NC(Cc1ccc(O)cc1)C(=O)O. The van der Waals surface area contributed by atoms with Crippen LogP contribution >= 0.6 is 11.8 Å². The summed E-state index contributed by atoms with van der Waals surface area (Å²) >= 11 is 1.57. The number of benzene rings is 2. The molecule has 0 spiro atoms. The van der Waals surface area contributed by atoms with Gasteiger partial charge in [0, 0.05) is 36.5 Å². The van der Waals surface area contributed by atoms with E-state index in [1.165, 1.54) is 17.0 Å². The molecule has 0 radical (unpaired) electrons. The number of aromatic hydroxyl groups is 1. The van der Waals surface area contributed by atoms with Crippen molar-refractivity contribution in [1.82, 2.24) is 20.5 Å². The number of H-pyrrole nitrogens is 1. The summed E-state index contributed by atoms with van der Waals surface area (Å²) < 4.78 is 0. The molecule has 1 fully saturated rings. The lowest BCUT2D eigenvalue weighted by Gasteiger charge is -2.30. The van der Waals surface area contributed by atoms with Crippen molar-refractivity contribution in [3.63, 3.8) is 0 Å². The van der Waals surface area contributed by atoms with E-state index in [1.807, 2.05) is 30.5 Å². The highest BCUT2D eigenvalue weighted by atomic mass is 32.2. The van der Waals surface area contributed by atoms with Crippen LogP contribution in [-0.2, 0) is 32.0 Å². The first-order valence-corrected chi connectivity index (χ1v) is 15.3. The number of nitrogens with zero attached hydrogens (tertiary/aromatic N) is 1. The van der Waals surface area contributed by atoms with Crippen LogP contribution in [0.4, 0.5) is 0 Å². The van der Waals surface area contributed by atoms with E-state index in [0.29, 0.717) is 37.1 Å². The molecule has 42 heavy (non-hydrogen) atoms. The van der Waals surface area contributed by atoms with Crippen molar-refractivity contribution in [2.24, 2.45) is 5.73 Å². The van der Waals surface area contributed by atoms with E-state index in [-0.39, 0.29) is 18.6 Å². The zero-order valence-corrected chi connectivity index (χ0v) is 24.2. The molecule has 2 heterocycles. The van der Waals surface area contributed by atoms with Crippen molar-refractivity contribution in [1.29, 1.82) is 0 Å². The quantitative estimate of drug-likeness (QED) is 0.173. The lowest BCUT2D eigenvalue weighted by atomic mass is 10.0. The molecular weight excluding hydrogens is 558 g/mol. The zero-order valence-electron chi connectivity index (χ0n) is 23.4. The number of aromatic nitrogens is 1. The summed E-state index contributed by atoms with van der Waals surface area (Å²) in [5.41, 5.74) is 8.47. The number of phenolic OH excluding ortho intramolecular Hbond substituents is 1. The number of nitrogens with two attached hydrogens (primary N) is 1. The summed E-state index contributed by atoms with van der Waals surface area (Å²) in [4.78, 5) is 57.0. The molecule has 1 aromatic heterocycles. The fraction of sp³-hybridized carbons (Fsp3) is 0.400. The number of thioether (sulfide) groups is 1. The number of phenols is 1. The van der Waals surface area contributed by atoms with E-state index in [9.17, 15) is 29.4 Å². The Morgan fingerprint density at radius 2 is 1.81 bits per heavy atom. The fourth-order valence-electron chi connectivity index (χ4n) is 5.21. The summed E-state index contributed by atoms with van der Waals surface area (Å²) in [5, 5.41) is 25.6. The summed E-state index contributed by atoms with van der Waals surface area (Å²) in [7, 11) is 0. The molecule has 0 aliphatic carbocycles. The van der Waals surface area contributed by atoms with E-state index in [0.717, 1.165) is 16.5 Å². The molecule has 4 atom stereocenters. The maximum absolute atomic E-state index is 14.0. The lowest BCUT2D eigenvalue weighted by molar-refractivity contribution is -0.144. The molecule has 1 aliphatic rings. The van der Waals surface area contributed by atoms with Crippen LogP contribution in [0.1, 0.15) is 30.4 Å². The molecule has 12 heteroatoms. The minimum atomic E-state index is -1.23. The number of aliphatic carboxylic acids is 1. The number of carboxylic acids is 1. The molecule has 11 nitrogen and oxygen atoms in total. The second kappa shape index (κ2) is 14.2. The second-order valence-corrected chi connectivity index (χ2v) is 11.5. The molecule has 3 aromatic rings. The van der Waals surface area contributed by atoms with Gasteiger partial charge in [-0.1, -0.05) is 30.3 Å². The number of aromatic amines is 1. The Kier molecular flexibility index (Phi) is 10.5. The third-order valence-corrected chi connectivity index (χ3v) is 8.16. The highest BCUT2D eigenvalue weighted by Crippen LogP contribution is 2.23. The van der Waals surface area contributed by atoms with Crippen LogP contribution in [0, 0.1) is 0 Å². The van der Waals surface area contributed by atoms with Crippen molar-refractivity contribution in [3.05, 3.63) is 65.9 Å². The molecule has 224 valence electrons. The lowest BCUT2D eigenvalue weighted by Crippen LogP contribution is -2.57. The summed E-state index contributed by atoms with van der Waals surface area (Å²) in [6.07, 6.45) is 5.30. The van der Waals surface area contributed by atoms with E-state index >= 15 is 0 Å². The fourth-order valence-corrected chi connectivity index (χ4v) is 5.70. The number of nitrogens with one attached hydrogen (secondary N) is 3. The van der Waals surface area contributed by atoms with Gasteiger partial charge >= 0.3 is 5.97 Å². The van der Waals surface area contributed by atoms with Gasteiger partial charge in [-0.25, -0.2) is 4.79 Å². The molecule has 2 aromatic carbocycles. The van der Waals surface area contributed by atoms with Gasteiger partial charge in [0.05, 0.1) is 6.04 Å². The van der Waals surface area contributed by atoms with Crippen molar-refractivity contribution in [2.75, 3.05) is 18.6 Å². The average molecular weight is 596 g/mol. The number of likely N-dealkylation sites (tertiary alicyclic amines) is 1. The van der Waals surface area contributed by atoms with E-state index in [2.05, 4.69) is 15.6 Å². The largest absolute Gasteiger partial charge is 0.508 e. The molecule has 4 unspecified atom stereocenters. The Labute approximate surface area is 248 Å². The maximum atomic E-state index is 14.0. The smallest absolute Gasteiger partial charge is 0.326 e. The molecule has 4 rings (SSSR count). The first-order valence-electron chi connectivity index (χ1n) is 13.9. The van der Waals surface area contributed by atoms with Gasteiger partial charge in [0.2, 0.25) is 17.7 Å². The minimum absolute atomic E-state index is 0.00913. The monoisotopic (exact) mass is 595 g/mol. The number of hydrogen-bond acceptors (Lipinski definition) is 7. The van der Waals surface area contributed by atoms with Crippen LogP contribution in [0.5, 0.6) is 5.75 Å². The number of rotatable bonds is 13. The molecule has 7 N–H and O–H groups in total. The van der Waals surface area contributed by atoms with Gasteiger partial charge in [0.25, 0.3) is 0 Å². The first-order chi connectivity index (χ1) is 20.2. The molecule has 1 saturated heterocycles. The topological polar surface area (TPSA) is 178 Å². The number of hydrogen-bond donors (Lipinski definition) is 6.